The van der Waals surface area contributed by atoms with Crippen LogP contribution in [0, 0.1) is 0 Å². The van der Waals surface area contributed by atoms with Gasteiger partial charge in [-0.3, -0.25) is 0 Å². The maximum absolute atomic E-state index is 8.65. The smallest absolute Gasteiger partial charge is 0.119 e. The van der Waals surface area contributed by atoms with E-state index in [1.165, 1.54) is 36.4 Å². The molecule has 0 aliphatic rings. The first-order valence-corrected chi connectivity index (χ1v) is 4.54. The minimum absolute atomic E-state index is 0. The second-order valence-electron chi connectivity index (χ2n) is 3.04. The molecule has 3 radical (unpaired) electrons. The second-order valence-corrected chi connectivity index (χ2v) is 3.04. The van der Waals surface area contributed by atoms with Crippen LogP contribution < -0.4 is 0 Å². The van der Waals surface area contributed by atoms with E-state index >= 15 is 0 Å². The molecule has 0 amide bonds. The molecule has 0 bridgehead atoms. The van der Waals surface area contributed by atoms with Crippen molar-refractivity contribution in [3.63, 3.8) is 0 Å². The predicted octanol–water partition coefficient (Wildman–Crippen LogP) is 1.81. The van der Waals surface area contributed by atoms with Crippen LogP contribution in [0.5, 0.6) is 23.0 Å². The van der Waals surface area contributed by atoms with E-state index in [0.717, 1.165) is 0 Å². The highest BCUT2D eigenvalue weighted by Crippen LogP contribution is 2.15. The van der Waals surface area contributed by atoms with Crippen LogP contribution in [0.25, 0.3) is 0 Å². The SMILES string of the molecule is Oc1cccc(O)c1.Oc1cccc(O)c1.[B]. The number of aromatic hydroxyl groups is 4. The molecule has 4 nitrogen and oxygen atoms in total. The molecule has 2 aromatic carbocycles. The molecule has 4 N–H and O–H groups in total. The number of rotatable bonds is 0. The Kier molecular flexibility index (Phi) is 6.10. The predicted molar refractivity (Wildman–Crippen MR) is 65.3 cm³/mol. The normalized spacial score (nSPS) is 8.47. The Labute approximate surface area is 101 Å². The van der Waals surface area contributed by atoms with E-state index in [2.05, 4.69) is 0 Å². The minimum atomic E-state index is 0. The van der Waals surface area contributed by atoms with Gasteiger partial charge in [0.25, 0.3) is 0 Å². The zero-order valence-corrected chi connectivity index (χ0v) is 8.99. The molecule has 2 rings (SSSR count). The van der Waals surface area contributed by atoms with Crippen LogP contribution in [0.2, 0.25) is 0 Å². The summed E-state index contributed by atoms with van der Waals surface area (Å²) in [6, 6.07) is 11.7. The van der Waals surface area contributed by atoms with Crippen LogP contribution in [0.15, 0.2) is 48.5 Å². The molecule has 0 spiro atoms. The Bertz CT molecular complexity index is 382. The Hall–Kier alpha value is -2.30. The van der Waals surface area contributed by atoms with Crippen molar-refractivity contribution < 1.29 is 20.4 Å². The molecule has 0 fully saturated rings. The van der Waals surface area contributed by atoms with E-state index in [1.807, 2.05) is 0 Å². The van der Waals surface area contributed by atoms with Gasteiger partial charge in [-0.2, -0.15) is 0 Å². The summed E-state index contributed by atoms with van der Waals surface area (Å²) in [5.41, 5.74) is 0. The Balaban J connectivity index is 0.000000284. The summed E-state index contributed by atoms with van der Waals surface area (Å²) >= 11 is 0. The zero-order chi connectivity index (χ0) is 12.0. The van der Waals surface area contributed by atoms with Gasteiger partial charge in [0.05, 0.1) is 0 Å². The first-order valence-electron chi connectivity index (χ1n) is 4.54. The molecule has 87 valence electrons. The average Bonchev–Trinajstić information content (AvgIpc) is 2.17. The van der Waals surface area contributed by atoms with Crippen LogP contribution >= 0.6 is 0 Å². The van der Waals surface area contributed by atoms with Crippen molar-refractivity contribution in [3.05, 3.63) is 48.5 Å². The van der Waals surface area contributed by atoms with E-state index < -0.39 is 0 Å². The van der Waals surface area contributed by atoms with E-state index in [1.54, 1.807) is 12.1 Å². The molecule has 0 saturated carbocycles. The number of phenolic OH excluding ortho intramolecular Hbond substituents is 4. The Morgan fingerprint density at radius 1 is 0.529 bits per heavy atom. The number of hydrogen-bond acceptors (Lipinski definition) is 4. The zero-order valence-electron chi connectivity index (χ0n) is 8.99. The largest absolute Gasteiger partial charge is 0.508 e. The van der Waals surface area contributed by atoms with Gasteiger partial charge >= 0.3 is 0 Å². The van der Waals surface area contributed by atoms with Crippen molar-refractivity contribution in [2.75, 3.05) is 0 Å². The van der Waals surface area contributed by atoms with Crippen molar-refractivity contribution in [3.8, 4) is 23.0 Å². The average molecular weight is 231 g/mol. The summed E-state index contributed by atoms with van der Waals surface area (Å²) in [5, 5.41) is 34.6. The molecule has 5 heteroatoms. The summed E-state index contributed by atoms with van der Waals surface area (Å²) in [7, 11) is 0. The molecular formula is C12H12BO4. The van der Waals surface area contributed by atoms with Crippen LogP contribution in [-0.4, -0.2) is 28.8 Å². The van der Waals surface area contributed by atoms with Gasteiger partial charge in [0.2, 0.25) is 0 Å². The third-order valence-electron chi connectivity index (χ3n) is 1.66. The number of phenols is 4. The van der Waals surface area contributed by atoms with Gasteiger partial charge in [0, 0.05) is 20.5 Å². The Morgan fingerprint density at radius 3 is 0.882 bits per heavy atom. The van der Waals surface area contributed by atoms with Crippen LogP contribution in [-0.2, 0) is 0 Å². The highest BCUT2D eigenvalue weighted by Gasteiger charge is 1.86. The molecular weight excluding hydrogens is 219 g/mol. The molecule has 0 aromatic heterocycles. The fourth-order valence-corrected chi connectivity index (χ4v) is 0.986. The van der Waals surface area contributed by atoms with E-state index in [9.17, 15) is 0 Å². The summed E-state index contributed by atoms with van der Waals surface area (Å²) in [5.74, 6) is 0.352. The first kappa shape index (κ1) is 14.7. The molecule has 0 aliphatic carbocycles. The van der Waals surface area contributed by atoms with Crippen LogP contribution in [0.3, 0.4) is 0 Å². The lowest BCUT2D eigenvalue weighted by molar-refractivity contribution is 0.449. The van der Waals surface area contributed by atoms with Crippen molar-refractivity contribution in [2.24, 2.45) is 0 Å². The van der Waals surface area contributed by atoms with E-state index in [0.29, 0.717) is 0 Å². The van der Waals surface area contributed by atoms with Gasteiger partial charge in [0.1, 0.15) is 23.0 Å². The molecule has 0 heterocycles. The summed E-state index contributed by atoms with van der Waals surface area (Å²) in [6.07, 6.45) is 0. The van der Waals surface area contributed by atoms with Gasteiger partial charge in [-0.25, -0.2) is 0 Å². The van der Waals surface area contributed by atoms with Gasteiger partial charge in [0.15, 0.2) is 0 Å². The summed E-state index contributed by atoms with van der Waals surface area (Å²) in [6.45, 7) is 0. The summed E-state index contributed by atoms with van der Waals surface area (Å²) in [4.78, 5) is 0. The quantitative estimate of drug-likeness (QED) is 0.521. The first-order chi connectivity index (χ1) is 7.58. The lowest BCUT2D eigenvalue weighted by Crippen LogP contribution is -1.61. The van der Waals surface area contributed by atoms with Crippen LogP contribution in [0.4, 0.5) is 0 Å². The maximum Gasteiger partial charge on any atom is 0.119 e. The Morgan fingerprint density at radius 2 is 0.765 bits per heavy atom. The van der Waals surface area contributed by atoms with E-state index in [4.69, 9.17) is 20.4 Å². The third-order valence-corrected chi connectivity index (χ3v) is 1.66. The van der Waals surface area contributed by atoms with Gasteiger partial charge < -0.3 is 20.4 Å². The van der Waals surface area contributed by atoms with E-state index in [-0.39, 0.29) is 31.4 Å². The standard InChI is InChI=1S/2C6H6O2.B/c2*7-5-2-1-3-6(8)4-5;/h2*1-4,7-8H;. The lowest BCUT2D eigenvalue weighted by Gasteiger charge is -1.89. The molecule has 0 aliphatic heterocycles. The topological polar surface area (TPSA) is 80.9 Å². The number of benzene rings is 2. The highest BCUT2D eigenvalue weighted by molar-refractivity contribution is 5.75. The molecule has 2 aromatic rings. The molecule has 0 unspecified atom stereocenters. The number of hydrogen-bond donors (Lipinski definition) is 4. The van der Waals surface area contributed by atoms with Crippen molar-refractivity contribution in [2.45, 2.75) is 0 Å². The van der Waals surface area contributed by atoms with Crippen LogP contribution in [0.1, 0.15) is 0 Å². The third kappa shape index (κ3) is 5.99. The lowest BCUT2D eigenvalue weighted by atomic mass is 10.3. The van der Waals surface area contributed by atoms with Gasteiger partial charge in [-0.1, -0.05) is 12.1 Å². The molecule has 0 saturated heterocycles. The van der Waals surface area contributed by atoms with Crippen molar-refractivity contribution in [1.29, 1.82) is 0 Å². The van der Waals surface area contributed by atoms with Gasteiger partial charge in [-0.15, -0.1) is 0 Å². The van der Waals surface area contributed by atoms with Crippen molar-refractivity contribution >= 4 is 8.41 Å². The van der Waals surface area contributed by atoms with Gasteiger partial charge in [-0.05, 0) is 24.3 Å². The second kappa shape index (κ2) is 7.06. The summed E-state index contributed by atoms with van der Waals surface area (Å²) < 4.78 is 0. The highest BCUT2D eigenvalue weighted by atomic mass is 16.3. The van der Waals surface area contributed by atoms with Crippen molar-refractivity contribution in [1.82, 2.24) is 0 Å². The maximum atomic E-state index is 8.65. The fraction of sp³-hybridized carbons (Fsp3) is 0. The minimum Gasteiger partial charge on any atom is -0.508 e. The fourth-order valence-electron chi connectivity index (χ4n) is 0.986. The molecule has 0 atom stereocenters. The monoisotopic (exact) mass is 231 g/mol. The molecule has 17 heavy (non-hydrogen) atoms.